The molecule has 0 aliphatic carbocycles. The van der Waals surface area contributed by atoms with Gasteiger partial charge in [-0.25, -0.2) is 0 Å². The number of esters is 1. The van der Waals surface area contributed by atoms with Crippen LogP contribution >= 0.6 is 0 Å². The number of anilines is 1. The van der Waals surface area contributed by atoms with Gasteiger partial charge in [-0.05, 0) is 6.92 Å². The van der Waals surface area contributed by atoms with Gasteiger partial charge in [-0.2, -0.15) is 0 Å². The van der Waals surface area contributed by atoms with E-state index in [0.717, 1.165) is 0 Å². The van der Waals surface area contributed by atoms with Crippen molar-refractivity contribution in [3.8, 4) is 0 Å². The van der Waals surface area contributed by atoms with Gasteiger partial charge < -0.3 is 15.0 Å². The molecule has 15 heavy (non-hydrogen) atoms. The van der Waals surface area contributed by atoms with Gasteiger partial charge in [-0.3, -0.25) is 9.59 Å². The van der Waals surface area contributed by atoms with Crippen molar-refractivity contribution in [1.82, 2.24) is 4.57 Å². The number of nitrogen functional groups attached to an aromatic ring is 1. The van der Waals surface area contributed by atoms with Gasteiger partial charge in [0.1, 0.15) is 0 Å². The van der Waals surface area contributed by atoms with Crippen molar-refractivity contribution in [3.63, 3.8) is 0 Å². The second-order valence-corrected chi connectivity index (χ2v) is 3.06. The van der Waals surface area contributed by atoms with Crippen LogP contribution < -0.4 is 11.2 Å². The van der Waals surface area contributed by atoms with Crippen LogP contribution in [0.5, 0.6) is 0 Å². The maximum absolute atomic E-state index is 11.0. The van der Waals surface area contributed by atoms with Crippen LogP contribution in [0.3, 0.4) is 0 Å². The molecule has 0 radical (unpaired) electrons. The molecule has 0 bridgehead atoms. The monoisotopic (exact) mass is 210 g/mol. The topological polar surface area (TPSA) is 74.3 Å². The van der Waals surface area contributed by atoms with E-state index >= 15 is 0 Å². The highest BCUT2D eigenvalue weighted by Crippen LogP contribution is 1.96. The van der Waals surface area contributed by atoms with E-state index in [-0.39, 0.29) is 23.5 Å². The first-order chi connectivity index (χ1) is 7.13. The maximum atomic E-state index is 11.0. The second kappa shape index (κ2) is 5.19. The van der Waals surface area contributed by atoms with Crippen LogP contribution in [0.25, 0.3) is 0 Å². The molecule has 0 aromatic carbocycles. The predicted octanol–water partition coefficient (Wildman–Crippen LogP) is 0.384. The van der Waals surface area contributed by atoms with Gasteiger partial charge in [-0.15, -0.1) is 0 Å². The van der Waals surface area contributed by atoms with Gasteiger partial charge in [0.2, 0.25) is 5.43 Å². The largest absolute Gasteiger partial charge is 0.466 e. The summed E-state index contributed by atoms with van der Waals surface area (Å²) < 4.78 is 6.46. The molecule has 0 aliphatic heterocycles. The lowest BCUT2D eigenvalue weighted by Crippen LogP contribution is -2.13. The highest BCUT2D eigenvalue weighted by molar-refractivity contribution is 5.69. The van der Waals surface area contributed by atoms with Crippen LogP contribution in [0.2, 0.25) is 0 Å². The van der Waals surface area contributed by atoms with Crippen molar-refractivity contribution in [1.29, 1.82) is 0 Å². The molecule has 0 aliphatic rings. The number of nitrogens with zero attached hydrogens (tertiary/aromatic N) is 1. The van der Waals surface area contributed by atoms with E-state index in [1.165, 1.54) is 12.3 Å². The quantitative estimate of drug-likeness (QED) is 0.729. The minimum Gasteiger partial charge on any atom is -0.466 e. The molecule has 1 heterocycles. The lowest BCUT2D eigenvalue weighted by molar-refractivity contribution is -0.143. The Balaban J connectivity index is 2.55. The number of nitrogens with two attached hydrogens (primary N) is 1. The van der Waals surface area contributed by atoms with Crippen LogP contribution in [0.4, 0.5) is 5.69 Å². The van der Waals surface area contributed by atoms with Gasteiger partial charge in [0, 0.05) is 25.0 Å². The third-order valence-corrected chi connectivity index (χ3v) is 1.89. The Hall–Kier alpha value is -1.78. The van der Waals surface area contributed by atoms with Gasteiger partial charge in [0.05, 0.1) is 18.7 Å². The molecule has 0 saturated carbocycles. The number of hydrogen-bond donors (Lipinski definition) is 1. The third kappa shape index (κ3) is 3.46. The molecule has 0 fully saturated rings. The first-order valence-corrected chi connectivity index (χ1v) is 4.74. The minimum atomic E-state index is -0.255. The molecule has 0 atom stereocenters. The smallest absolute Gasteiger partial charge is 0.307 e. The highest BCUT2D eigenvalue weighted by atomic mass is 16.5. The molecule has 82 valence electrons. The van der Waals surface area contributed by atoms with Crippen molar-refractivity contribution in [2.45, 2.75) is 19.9 Å². The fourth-order valence-electron chi connectivity index (χ4n) is 1.14. The van der Waals surface area contributed by atoms with Crippen molar-refractivity contribution in [3.05, 3.63) is 28.7 Å². The molecule has 5 heteroatoms. The number of aryl methyl sites for hydroxylation is 1. The van der Waals surface area contributed by atoms with Gasteiger partial charge in [0.15, 0.2) is 0 Å². The zero-order valence-electron chi connectivity index (χ0n) is 8.60. The van der Waals surface area contributed by atoms with E-state index in [2.05, 4.69) is 0 Å². The Labute approximate surface area is 87.5 Å². The molecular formula is C10H14N2O3. The van der Waals surface area contributed by atoms with Crippen LogP contribution in [-0.2, 0) is 16.1 Å². The average molecular weight is 210 g/mol. The summed E-state index contributed by atoms with van der Waals surface area (Å²) in [5.41, 5.74) is 5.41. The van der Waals surface area contributed by atoms with Crippen LogP contribution in [0.1, 0.15) is 13.3 Å². The molecule has 0 unspecified atom stereocenters. The highest BCUT2D eigenvalue weighted by Gasteiger charge is 2.02. The summed E-state index contributed by atoms with van der Waals surface area (Å²) >= 11 is 0. The third-order valence-electron chi connectivity index (χ3n) is 1.89. The summed E-state index contributed by atoms with van der Waals surface area (Å²) in [6.07, 6.45) is 3.38. The summed E-state index contributed by atoms with van der Waals surface area (Å²) in [6.45, 7) is 2.60. The van der Waals surface area contributed by atoms with Crippen LogP contribution in [-0.4, -0.2) is 17.1 Å². The number of carbonyl (C=O) groups excluding carboxylic acids is 1. The number of rotatable bonds is 4. The summed E-state index contributed by atoms with van der Waals surface area (Å²) in [7, 11) is 0. The number of pyridine rings is 1. The molecule has 0 amide bonds. The summed E-state index contributed by atoms with van der Waals surface area (Å²) in [5, 5.41) is 0. The summed E-state index contributed by atoms with van der Waals surface area (Å²) in [6, 6.07) is 1.38. The molecule has 1 aromatic heterocycles. The number of aromatic nitrogens is 1. The first-order valence-electron chi connectivity index (χ1n) is 4.74. The zero-order chi connectivity index (χ0) is 11.3. The summed E-state index contributed by atoms with van der Waals surface area (Å²) in [4.78, 5) is 22.0. The van der Waals surface area contributed by atoms with Gasteiger partial charge in [-0.1, -0.05) is 0 Å². The Bertz CT molecular complexity index is 398. The minimum absolute atomic E-state index is 0.182. The lowest BCUT2D eigenvalue weighted by atomic mass is 10.3. The fraction of sp³-hybridized carbons (Fsp3) is 0.400. The summed E-state index contributed by atoms with van der Waals surface area (Å²) in [5.74, 6) is -0.255. The molecule has 1 rings (SSSR count). The van der Waals surface area contributed by atoms with E-state index < -0.39 is 0 Å². The Kier molecular flexibility index (Phi) is 3.91. The Morgan fingerprint density at radius 3 is 2.93 bits per heavy atom. The number of hydrogen-bond acceptors (Lipinski definition) is 4. The SMILES string of the molecule is CCOC(=O)CCn1ccc(=O)c(N)c1. The molecule has 5 nitrogen and oxygen atoms in total. The van der Waals surface area contributed by atoms with Gasteiger partial charge >= 0.3 is 5.97 Å². The number of carbonyl (C=O) groups is 1. The first kappa shape index (κ1) is 11.3. The average Bonchev–Trinajstić information content (AvgIpc) is 2.20. The van der Waals surface area contributed by atoms with Gasteiger partial charge in [0.25, 0.3) is 0 Å². The maximum Gasteiger partial charge on any atom is 0.307 e. The van der Waals surface area contributed by atoms with Crippen molar-refractivity contribution in [2.75, 3.05) is 12.3 Å². The second-order valence-electron chi connectivity index (χ2n) is 3.06. The number of ether oxygens (including phenoxy) is 1. The van der Waals surface area contributed by atoms with Crippen molar-refractivity contribution >= 4 is 11.7 Å². The fourth-order valence-corrected chi connectivity index (χ4v) is 1.14. The molecular weight excluding hydrogens is 196 g/mol. The Morgan fingerprint density at radius 2 is 2.33 bits per heavy atom. The van der Waals surface area contributed by atoms with Crippen LogP contribution in [0.15, 0.2) is 23.3 Å². The molecule has 0 saturated heterocycles. The lowest BCUT2D eigenvalue weighted by Gasteiger charge is -2.06. The van der Waals surface area contributed by atoms with E-state index in [9.17, 15) is 9.59 Å². The van der Waals surface area contributed by atoms with E-state index in [0.29, 0.717) is 13.2 Å². The van der Waals surface area contributed by atoms with Crippen LogP contribution in [0, 0.1) is 0 Å². The predicted molar refractivity (Wildman–Crippen MR) is 56.4 cm³/mol. The normalized spacial score (nSPS) is 9.93. The van der Waals surface area contributed by atoms with E-state index in [4.69, 9.17) is 10.5 Å². The molecule has 2 N–H and O–H groups in total. The standard InChI is InChI=1S/C10H14N2O3/c1-2-15-10(14)4-6-12-5-3-9(13)8(11)7-12/h3,5,7H,2,4,6,11H2,1H3. The van der Waals surface area contributed by atoms with Crippen molar-refractivity contribution in [2.24, 2.45) is 0 Å². The zero-order valence-corrected chi connectivity index (χ0v) is 8.60. The molecule has 1 aromatic rings. The van der Waals surface area contributed by atoms with E-state index in [1.807, 2.05) is 0 Å². The van der Waals surface area contributed by atoms with E-state index in [1.54, 1.807) is 17.7 Å². The Morgan fingerprint density at radius 1 is 1.60 bits per heavy atom. The van der Waals surface area contributed by atoms with Crippen molar-refractivity contribution < 1.29 is 9.53 Å². The molecule has 0 spiro atoms.